The number of para-hydroxylation sites is 1. The molecule has 152 valence electrons. The second-order valence-corrected chi connectivity index (χ2v) is 8.65. The summed E-state index contributed by atoms with van der Waals surface area (Å²) >= 11 is 1.46. The zero-order valence-electron chi connectivity index (χ0n) is 17.3. The van der Waals surface area contributed by atoms with Crippen LogP contribution in [-0.4, -0.2) is 28.2 Å². The first-order valence-corrected chi connectivity index (χ1v) is 11.2. The third kappa shape index (κ3) is 4.47. The Labute approximate surface area is 181 Å². The highest BCUT2D eigenvalue weighted by molar-refractivity contribution is 8.00. The van der Waals surface area contributed by atoms with Gasteiger partial charge in [-0.15, -0.1) is 0 Å². The minimum atomic E-state index is -0.0193. The van der Waals surface area contributed by atoms with Gasteiger partial charge < -0.3 is 4.90 Å². The van der Waals surface area contributed by atoms with Crippen LogP contribution in [0.3, 0.4) is 0 Å². The van der Waals surface area contributed by atoms with E-state index in [1.165, 1.54) is 17.3 Å². The van der Waals surface area contributed by atoms with E-state index in [9.17, 15) is 4.79 Å². The van der Waals surface area contributed by atoms with Crippen molar-refractivity contribution >= 4 is 34.3 Å². The molecule has 3 aromatic rings. The summed E-state index contributed by atoms with van der Waals surface area (Å²) in [7, 11) is 0. The summed E-state index contributed by atoms with van der Waals surface area (Å²) < 4.78 is 0. The van der Waals surface area contributed by atoms with E-state index in [1.54, 1.807) is 4.90 Å². The van der Waals surface area contributed by atoms with Gasteiger partial charge in [-0.3, -0.25) is 4.79 Å². The molecule has 0 N–H and O–H groups in total. The highest BCUT2D eigenvalue weighted by Gasteiger charge is 2.28. The predicted octanol–water partition coefficient (Wildman–Crippen LogP) is 5.16. The minimum absolute atomic E-state index is 0.0193. The maximum absolute atomic E-state index is 13.1. The van der Waals surface area contributed by atoms with Crippen LogP contribution in [0, 0.1) is 25.2 Å². The van der Waals surface area contributed by atoms with Crippen molar-refractivity contribution in [3.63, 3.8) is 0 Å². The van der Waals surface area contributed by atoms with Crippen molar-refractivity contribution in [3.8, 4) is 6.07 Å². The van der Waals surface area contributed by atoms with Crippen molar-refractivity contribution in [1.29, 1.82) is 5.26 Å². The molecule has 1 fully saturated rings. The lowest BCUT2D eigenvalue weighted by Gasteiger charge is -2.22. The molecule has 0 saturated heterocycles. The van der Waals surface area contributed by atoms with Crippen LogP contribution in [0.15, 0.2) is 47.5 Å². The number of benzene rings is 2. The van der Waals surface area contributed by atoms with Crippen LogP contribution in [-0.2, 0) is 4.79 Å². The van der Waals surface area contributed by atoms with E-state index in [2.05, 4.69) is 6.07 Å². The number of rotatable bonds is 7. The lowest BCUT2D eigenvalue weighted by Crippen LogP contribution is -2.33. The van der Waals surface area contributed by atoms with Crippen LogP contribution >= 0.6 is 11.8 Å². The molecule has 1 aliphatic rings. The average Bonchev–Trinajstić information content (AvgIpc) is 3.60. The molecule has 1 heterocycles. The molecule has 2 aromatic carbocycles. The molecule has 5 nitrogen and oxygen atoms in total. The first kappa shape index (κ1) is 20.4. The normalized spacial score (nSPS) is 13.2. The zero-order valence-corrected chi connectivity index (χ0v) is 18.1. The number of anilines is 1. The first-order valence-electron chi connectivity index (χ1n) is 10.2. The molecule has 0 spiro atoms. The molecule has 4 rings (SSSR count). The second kappa shape index (κ2) is 8.85. The molecule has 1 aromatic heterocycles. The number of nitrogens with zero attached hydrogens (tertiary/aromatic N) is 4. The molecule has 30 heavy (non-hydrogen) atoms. The summed E-state index contributed by atoms with van der Waals surface area (Å²) in [6.07, 6.45) is 2.57. The van der Waals surface area contributed by atoms with Gasteiger partial charge in [0, 0.05) is 23.5 Å². The Kier molecular flexibility index (Phi) is 6.01. The summed E-state index contributed by atoms with van der Waals surface area (Å²) in [5.41, 5.74) is 4.08. The van der Waals surface area contributed by atoms with Gasteiger partial charge in [-0.25, -0.2) is 9.97 Å². The van der Waals surface area contributed by atoms with Gasteiger partial charge >= 0.3 is 0 Å². The fourth-order valence-electron chi connectivity index (χ4n) is 3.36. The van der Waals surface area contributed by atoms with E-state index in [1.807, 2.05) is 56.3 Å². The summed E-state index contributed by atoms with van der Waals surface area (Å²) in [6, 6.07) is 16.1. The maximum Gasteiger partial charge on any atom is 0.237 e. The van der Waals surface area contributed by atoms with E-state index >= 15 is 0 Å². The van der Waals surface area contributed by atoms with E-state index < -0.39 is 0 Å². The summed E-state index contributed by atoms with van der Waals surface area (Å²) in [4.78, 5) is 24.3. The number of aromatic nitrogens is 2. The molecule has 0 radical (unpaired) electrons. The smallest absolute Gasteiger partial charge is 0.237 e. The van der Waals surface area contributed by atoms with Crippen LogP contribution in [0.2, 0.25) is 0 Å². The van der Waals surface area contributed by atoms with Crippen molar-refractivity contribution in [2.75, 3.05) is 17.2 Å². The Hall–Kier alpha value is -2.91. The van der Waals surface area contributed by atoms with E-state index in [4.69, 9.17) is 15.2 Å². The predicted molar refractivity (Wildman–Crippen MR) is 121 cm³/mol. The first-order chi connectivity index (χ1) is 14.6. The number of amides is 1. The number of carbonyl (C=O) groups excluding carboxylic acids is 1. The van der Waals surface area contributed by atoms with Crippen molar-refractivity contribution in [1.82, 2.24) is 9.97 Å². The molecule has 0 atom stereocenters. The molecular weight excluding hydrogens is 392 g/mol. The number of thioether (sulfide) groups is 1. The van der Waals surface area contributed by atoms with Crippen LogP contribution < -0.4 is 4.90 Å². The van der Waals surface area contributed by atoms with Crippen LogP contribution in [0.25, 0.3) is 10.9 Å². The lowest BCUT2D eigenvalue weighted by molar-refractivity contribution is -0.116. The van der Waals surface area contributed by atoms with Gasteiger partial charge in [0.05, 0.1) is 23.8 Å². The largest absolute Gasteiger partial charge is 0.311 e. The molecule has 1 amide bonds. The van der Waals surface area contributed by atoms with Gasteiger partial charge in [0.25, 0.3) is 0 Å². The highest BCUT2D eigenvalue weighted by atomic mass is 32.2. The van der Waals surface area contributed by atoms with E-state index in [-0.39, 0.29) is 11.7 Å². The van der Waals surface area contributed by atoms with Gasteiger partial charge in [0.15, 0.2) is 0 Å². The molecule has 0 aliphatic heterocycles. The summed E-state index contributed by atoms with van der Waals surface area (Å²) in [5.74, 6) is 1.59. The van der Waals surface area contributed by atoms with E-state index in [0.717, 1.165) is 45.8 Å². The number of carbonyl (C=O) groups is 1. The van der Waals surface area contributed by atoms with Gasteiger partial charge in [0.1, 0.15) is 10.9 Å². The topological polar surface area (TPSA) is 69.9 Å². The molecule has 6 heteroatoms. The molecule has 1 saturated carbocycles. The van der Waals surface area contributed by atoms with Crippen molar-refractivity contribution in [3.05, 3.63) is 59.4 Å². The Morgan fingerprint density at radius 3 is 2.70 bits per heavy atom. The van der Waals surface area contributed by atoms with Crippen LogP contribution in [0.4, 0.5) is 5.69 Å². The minimum Gasteiger partial charge on any atom is -0.311 e. The molecule has 0 unspecified atom stereocenters. The lowest BCUT2D eigenvalue weighted by atomic mass is 10.1. The molecular formula is C24H24N4OS. The highest BCUT2D eigenvalue weighted by Crippen LogP contribution is 2.39. The van der Waals surface area contributed by atoms with E-state index in [0.29, 0.717) is 18.9 Å². The Balaban J connectivity index is 1.57. The van der Waals surface area contributed by atoms with Crippen molar-refractivity contribution < 1.29 is 4.79 Å². The third-order valence-corrected chi connectivity index (χ3v) is 6.39. The van der Waals surface area contributed by atoms with Crippen LogP contribution in [0.5, 0.6) is 0 Å². The number of aryl methyl sites for hydroxylation is 2. The quantitative estimate of drug-likeness (QED) is 0.393. The standard InChI is InChI=1S/C24H24N4OS/c1-16-8-11-19(14-17(16)2)28(13-5-12-25)22(29)15-30-24-20-6-3-4-7-21(20)26-23(27-24)18-9-10-18/h3-4,6-8,11,14,18H,5,9-10,13,15H2,1-2H3. The average molecular weight is 417 g/mol. The Morgan fingerprint density at radius 2 is 1.97 bits per heavy atom. The van der Waals surface area contributed by atoms with Crippen LogP contribution in [0.1, 0.15) is 42.1 Å². The van der Waals surface area contributed by atoms with Gasteiger partial charge in [-0.1, -0.05) is 36.0 Å². The van der Waals surface area contributed by atoms with Gasteiger partial charge in [0.2, 0.25) is 5.91 Å². The Bertz CT molecular complexity index is 1130. The van der Waals surface area contributed by atoms with Crippen molar-refractivity contribution in [2.24, 2.45) is 0 Å². The Morgan fingerprint density at radius 1 is 1.17 bits per heavy atom. The second-order valence-electron chi connectivity index (χ2n) is 7.69. The number of hydrogen-bond acceptors (Lipinski definition) is 5. The monoisotopic (exact) mass is 416 g/mol. The summed E-state index contributed by atoms with van der Waals surface area (Å²) in [6.45, 7) is 4.47. The number of fused-ring (bicyclic) bond motifs is 1. The zero-order chi connectivity index (χ0) is 21.1. The number of hydrogen-bond donors (Lipinski definition) is 0. The third-order valence-electron chi connectivity index (χ3n) is 5.41. The number of nitriles is 1. The van der Waals surface area contributed by atoms with Gasteiger partial charge in [-0.2, -0.15) is 5.26 Å². The molecule has 1 aliphatic carbocycles. The van der Waals surface area contributed by atoms with Crippen molar-refractivity contribution in [2.45, 2.75) is 44.1 Å². The molecule has 0 bridgehead atoms. The summed E-state index contributed by atoms with van der Waals surface area (Å²) in [5, 5.41) is 10.9. The van der Waals surface area contributed by atoms with Gasteiger partial charge in [-0.05, 0) is 56.0 Å². The SMILES string of the molecule is Cc1ccc(N(CCC#N)C(=O)CSc2nc(C3CC3)nc3ccccc23)cc1C. The fourth-order valence-corrected chi connectivity index (χ4v) is 4.26. The fraction of sp³-hybridized carbons (Fsp3) is 0.333. The maximum atomic E-state index is 13.1.